The van der Waals surface area contributed by atoms with Gasteiger partial charge in [0.15, 0.2) is 0 Å². The van der Waals surface area contributed by atoms with Crippen LogP contribution in [0.4, 0.5) is 11.6 Å². The molecule has 8 nitrogen and oxygen atoms in total. The van der Waals surface area contributed by atoms with E-state index in [1.807, 2.05) is 0 Å². The summed E-state index contributed by atoms with van der Waals surface area (Å²) in [6.45, 7) is 5.24. The molecule has 3 aromatic rings. The number of aliphatic hydroxyl groups is 1. The lowest BCUT2D eigenvalue weighted by Crippen LogP contribution is -2.35. The molecule has 2 aromatic heterocycles. The summed E-state index contributed by atoms with van der Waals surface area (Å²) in [5, 5.41) is 23.2. The van der Waals surface area contributed by atoms with Crippen LogP contribution in [0.25, 0.3) is 21.5 Å². The number of primary amides is 1. The standard InChI is InChI=1S/C18H21N5O3S/c1-8-9(5-4-6-10(8)25)13-11-12(19)14(15(20)26)27-16(11)22-17(21-13)23-18(2,3)7-24/h4-6,24-25H,7,19H2,1-3H3,(H2,20,26)(H,21,22,23). The summed E-state index contributed by atoms with van der Waals surface area (Å²) < 4.78 is 0. The molecule has 2 heterocycles. The number of phenols is 1. The van der Waals surface area contributed by atoms with Gasteiger partial charge in [0.05, 0.1) is 28.9 Å². The Hall–Kier alpha value is -2.91. The molecule has 27 heavy (non-hydrogen) atoms. The fourth-order valence-corrected chi connectivity index (χ4v) is 3.62. The molecule has 0 saturated heterocycles. The lowest BCUT2D eigenvalue weighted by molar-refractivity contribution is 0.100. The van der Waals surface area contributed by atoms with E-state index in [0.717, 1.165) is 11.3 Å². The van der Waals surface area contributed by atoms with Crippen molar-refractivity contribution in [1.29, 1.82) is 0 Å². The lowest BCUT2D eigenvalue weighted by atomic mass is 10.0. The van der Waals surface area contributed by atoms with Crippen LogP contribution in [0.3, 0.4) is 0 Å². The Morgan fingerprint density at radius 3 is 2.67 bits per heavy atom. The number of fused-ring (bicyclic) bond motifs is 1. The fraction of sp³-hybridized carbons (Fsp3) is 0.278. The Kier molecular flexibility index (Phi) is 4.66. The zero-order valence-corrected chi connectivity index (χ0v) is 16.0. The third-order valence-electron chi connectivity index (χ3n) is 4.22. The number of anilines is 2. The molecular formula is C18H21N5O3S. The highest BCUT2D eigenvalue weighted by atomic mass is 32.1. The summed E-state index contributed by atoms with van der Waals surface area (Å²) in [6.07, 6.45) is 0. The van der Waals surface area contributed by atoms with Crippen molar-refractivity contribution in [2.45, 2.75) is 26.3 Å². The Morgan fingerprint density at radius 1 is 1.33 bits per heavy atom. The molecule has 1 aromatic carbocycles. The number of carbonyl (C=O) groups excluding carboxylic acids is 1. The SMILES string of the molecule is Cc1c(O)cccc1-c1nc(NC(C)(C)CO)nc2sc(C(N)=O)c(N)c12. The van der Waals surface area contributed by atoms with Gasteiger partial charge in [-0.2, -0.15) is 0 Å². The summed E-state index contributed by atoms with van der Waals surface area (Å²) in [5.41, 5.74) is 12.9. The number of hydrogen-bond acceptors (Lipinski definition) is 8. The number of nitrogens with zero attached hydrogens (tertiary/aromatic N) is 2. The van der Waals surface area contributed by atoms with E-state index in [-0.39, 0.29) is 28.9 Å². The third kappa shape index (κ3) is 3.38. The second-order valence-electron chi connectivity index (χ2n) is 6.90. The average Bonchev–Trinajstić information content (AvgIpc) is 2.93. The molecule has 0 bridgehead atoms. The topological polar surface area (TPSA) is 147 Å². The Morgan fingerprint density at radius 2 is 2.04 bits per heavy atom. The third-order valence-corrected chi connectivity index (χ3v) is 5.33. The van der Waals surface area contributed by atoms with Gasteiger partial charge in [-0.05, 0) is 26.8 Å². The maximum atomic E-state index is 11.7. The number of nitrogens with one attached hydrogen (secondary N) is 1. The van der Waals surface area contributed by atoms with Crippen molar-refractivity contribution in [1.82, 2.24) is 9.97 Å². The van der Waals surface area contributed by atoms with Crippen LogP contribution in [0.15, 0.2) is 18.2 Å². The summed E-state index contributed by atoms with van der Waals surface area (Å²) in [6, 6.07) is 5.09. The van der Waals surface area contributed by atoms with Crippen molar-refractivity contribution >= 4 is 39.1 Å². The number of carbonyl (C=O) groups is 1. The van der Waals surface area contributed by atoms with Gasteiger partial charge in [0.1, 0.15) is 15.5 Å². The van der Waals surface area contributed by atoms with Gasteiger partial charge in [-0.3, -0.25) is 4.79 Å². The highest BCUT2D eigenvalue weighted by molar-refractivity contribution is 7.21. The van der Waals surface area contributed by atoms with E-state index in [4.69, 9.17) is 11.5 Å². The molecular weight excluding hydrogens is 366 g/mol. The van der Waals surface area contributed by atoms with Gasteiger partial charge in [0.2, 0.25) is 5.95 Å². The van der Waals surface area contributed by atoms with Gasteiger partial charge in [0.25, 0.3) is 5.91 Å². The minimum Gasteiger partial charge on any atom is -0.508 e. The minimum atomic E-state index is -0.659. The van der Waals surface area contributed by atoms with Crippen LogP contribution in [0, 0.1) is 6.92 Å². The first-order valence-electron chi connectivity index (χ1n) is 8.22. The molecule has 0 atom stereocenters. The molecule has 0 unspecified atom stereocenters. The van der Waals surface area contributed by atoms with E-state index in [1.165, 1.54) is 0 Å². The number of hydrogen-bond donors (Lipinski definition) is 5. The largest absolute Gasteiger partial charge is 0.508 e. The van der Waals surface area contributed by atoms with Crippen molar-refractivity contribution in [2.75, 3.05) is 17.7 Å². The van der Waals surface area contributed by atoms with Crippen molar-refractivity contribution in [3.05, 3.63) is 28.6 Å². The second kappa shape index (κ2) is 6.67. The number of phenolic OH excluding ortho intramolecular Hbond substituents is 1. The van der Waals surface area contributed by atoms with E-state index in [2.05, 4.69) is 15.3 Å². The van der Waals surface area contributed by atoms with Gasteiger partial charge in [0, 0.05) is 11.1 Å². The summed E-state index contributed by atoms with van der Waals surface area (Å²) in [4.78, 5) is 21.4. The zero-order valence-electron chi connectivity index (χ0n) is 15.2. The number of amides is 1. The number of nitrogens with two attached hydrogens (primary N) is 2. The van der Waals surface area contributed by atoms with Gasteiger partial charge < -0.3 is 27.0 Å². The number of aromatic hydroxyl groups is 1. The van der Waals surface area contributed by atoms with E-state index < -0.39 is 11.4 Å². The van der Waals surface area contributed by atoms with E-state index in [9.17, 15) is 15.0 Å². The number of rotatable bonds is 5. The normalized spacial score (nSPS) is 11.7. The van der Waals surface area contributed by atoms with Crippen LogP contribution in [-0.2, 0) is 0 Å². The lowest BCUT2D eigenvalue weighted by Gasteiger charge is -2.23. The summed E-state index contributed by atoms with van der Waals surface area (Å²) >= 11 is 1.08. The van der Waals surface area contributed by atoms with E-state index >= 15 is 0 Å². The minimum absolute atomic E-state index is 0.119. The van der Waals surface area contributed by atoms with E-state index in [0.29, 0.717) is 27.0 Å². The number of aromatic nitrogens is 2. The molecule has 0 saturated carbocycles. The highest BCUT2D eigenvalue weighted by Crippen LogP contribution is 2.41. The molecule has 0 aliphatic heterocycles. The average molecular weight is 387 g/mol. The Labute approximate surface area is 159 Å². The first-order valence-corrected chi connectivity index (χ1v) is 9.04. The smallest absolute Gasteiger partial charge is 0.260 e. The van der Waals surface area contributed by atoms with Crippen LogP contribution >= 0.6 is 11.3 Å². The molecule has 0 spiro atoms. The van der Waals surface area contributed by atoms with Crippen molar-refractivity contribution in [3.8, 4) is 17.0 Å². The van der Waals surface area contributed by atoms with Crippen molar-refractivity contribution in [2.24, 2.45) is 5.73 Å². The number of thiophene rings is 1. The van der Waals surface area contributed by atoms with Gasteiger partial charge >= 0.3 is 0 Å². The maximum Gasteiger partial charge on any atom is 0.260 e. The first-order chi connectivity index (χ1) is 12.6. The number of nitrogen functional groups attached to an aromatic ring is 1. The van der Waals surface area contributed by atoms with Gasteiger partial charge in [-0.25, -0.2) is 9.97 Å². The highest BCUT2D eigenvalue weighted by Gasteiger charge is 2.24. The summed E-state index contributed by atoms with van der Waals surface area (Å²) in [7, 11) is 0. The summed E-state index contributed by atoms with van der Waals surface area (Å²) in [5.74, 6) is -0.246. The van der Waals surface area contributed by atoms with Crippen LogP contribution in [-0.4, -0.2) is 38.2 Å². The maximum absolute atomic E-state index is 11.7. The molecule has 0 radical (unpaired) electrons. The molecule has 142 valence electrons. The second-order valence-corrected chi connectivity index (χ2v) is 7.90. The monoisotopic (exact) mass is 387 g/mol. The van der Waals surface area contributed by atoms with E-state index in [1.54, 1.807) is 39.0 Å². The molecule has 3 rings (SSSR count). The molecule has 0 aliphatic rings. The Balaban J connectivity index is 2.34. The number of benzene rings is 1. The van der Waals surface area contributed by atoms with Crippen LogP contribution < -0.4 is 16.8 Å². The first kappa shape index (κ1) is 18.9. The number of aliphatic hydroxyl groups excluding tert-OH is 1. The van der Waals surface area contributed by atoms with Crippen LogP contribution in [0.5, 0.6) is 5.75 Å². The van der Waals surface area contributed by atoms with Gasteiger partial charge in [-0.15, -0.1) is 11.3 Å². The fourth-order valence-electron chi connectivity index (χ4n) is 2.68. The molecule has 0 fully saturated rings. The van der Waals surface area contributed by atoms with Gasteiger partial charge in [-0.1, -0.05) is 12.1 Å². The van der Waals surface area contributed by atoms with Crippen molar-refractivity contribution < 1.29 is 15.0 Å². The molecule has 9 heteroatoms. The van der Waals surface area contributed by atoms with Crippen LogP contribution in [0.1, 0.15) is 29.1 Å². The Bertz CT molecular complexity index is 1050. The predicted molar refractivity (Wildman–Crippen MR) is 107 cm³/mol. The molecule has 0 aliphatic carbocycles. The molecule has 1 amide bonds. The zero-order chi connectivity index (χ0) is 19.9. The molecule has 7 N–H and O–H groups in total. The quantitative estimate of drug-likeness (QED) is 0.451. The van der Waals surface area contributed by atoms with Crippen LogP contribution in [0.2, 0.25) is 0 Å². The predicted octanol–water partition coefficient (Wildman–Crippen LogP) is 2.24. The van der Waals surface area contributed by atoms with Crippen molar-refractivity contribution in [3.63, 3.8) is 0 Å².